The Kier molecular flexibility index (Phi) is 6.18. The maximum Gasteiger partial charge on any atom is 0.246 e. The Morgan fingerprint density at radius 2 is 2.20 bits per heavy atom. The summed E-state index contributed by atoms with van der Waals surface area (Å²) in [4.78, 5) is 25.3. The van der Waals surface area contributed by atoms with Gasteiger partial charge in [-0.1, -0.05) is 24.2 Å². The zero-order valence-corrected chi connectivity index (χ0v) is 19.8. The third-order valence-electron chi connectivity index (χ3n) is 6.61. The molecule has 1 N–H and O–H groups in total. The van der Waals surface area contributed by atoms with Crippen LogP contribution in [0.15, 0.2) is 43.2 Å². The molecule has 0 radical (unpaired) electrons. The monoisotopic (exact) mass is 489 g/mol. The van der Waals surface area contributed by atoms with E-state index in [1.54, 1.807) is 17.0 Å². The molecule has 5 rings (SSSR count). The zero-order chi connectivity index (χ0) is 24.5. The van der Waals surface area contributed by atoms with Gasteiger partial charge >= 0.3 is 0 Å². The van der Waals surface area contributed by atoms with Crippen LogP contribution in [0.3, 0.4) is 0 Å². The number of fused-ring (bicyclic) bond motifs is 3. The van der Waals surface area contributed by atoms with E-state index >= 15 is 0 Å². The molecule has 2 aromatic carbocycles. The van der Waals surface area contributed by atoms with Crippen molar-refractivity contribution >= 4 is 34.2 Å². The third kappa shape index (κ3) is 4.13. The van der Waals surface area contributed by atoms with Gasteiger partial charge in [0.1, 0.15) is 23.6 Å². The van der Waals surface area contributed by atoms with E-state index in [1.807, 2.05) is 12.1 Å². The molecule has 1 saturated heterocycles. The van der Waals surface area contributed by atoms with E-state index in [0.29, 0.717) is 26.2 Å². The lowest BCUT2D eigenvalue weighted by Crippen LogP contribution is -2.55. The van der Waals surface area contributed by atoms with E-state index in [0.717, 1.165) is 52.0 Å². The number of halogens is 1. The van der Waals surface area contributed by atoms with Crippen LogP contribution in [0.4, 0.5) is 5.82 Å². The molecule has 0 bridgehead atoms. The highest BCUT2D eigenvalue weighted by molar-refractivity contribution is 6.32. The van der Waals surface area contributed by atoms with Crippen LogP contribution in [-0.4, -0.2) is 58.2 Å². The number of anilines is 1. The maximum absolute atomic E-state index is 12.3. The van der Waals surface area contributed by atoms with Crippen LogP contribution >= 0.6 is 11.6 Å². The van der Waals surface area contributed by atoms with Crippen molar-refractivity contribution in [1.82, 2.24) is 14.9 Å². The van der Waals surface area contributed by atoms with Crippen molar-refractivity contribution in [3.8, 4) is 28.7 Å². The van der Waals surface area contributed by atoms with Crippen molar-refractivity contribution in [2.75, 3.05) is 31.1 Å². The Bertz CT molecular complexity index is 1370. The molecule has 1 fully saturated rings. The third-order valence-corrected chi connectivity index (χ3v) is 6.91. The summed E-state index contributed by atoms with van der Waals surface area (Å²) in [6.45, 7) is 5.70. The summed E-state index contributed by atoms with van der Waals surface area (Å²) in [5.41, 5.74) is 3.62. The first kappa shape index (κ1) is 22.9. The molecule has 0 spiro atoms. The molecule has 3 aromatic rings. The summed E-state index contributed by atoms with van der Waals surface area (Å²) in [6.07, 6.45) is 4.75. The maximum atomic E-state index is 12.3. The van der Waals surface area contributed by atoms with E-state index < -0.39 is 0 Å². The van der Waals surface area contributed by atoms with Crippen molar-refractivity contribution in [1.29, 1.82) is 5.26 Å². The Morgan fingerprint density at radius 3 is 2.97 bits per heavy atom. The molecule has 8 nitrogen and oxygen atoms in total. The van der Waals surface area contributed by atoms with Gasteiger partial charge in [0, 0.05) is 25.2 Å². The van der Waals surface area contributed by atoms with E-state index in [4.69, 9.17) is 16.3 Å². The largest absolute Gasteiger partial charge is 0.506 e. The number of aromatic nitrogens is 2. The van der Waals surface area contributed by atoms with Crippen molar-refractivity contribution in [3.05, 3.63) is 53.8 Å². The second-order valence-electron chi connectivity index (χ2n) is 8.64. The fourth-order valence-corrected chi connectivity index (χ4v) is 5.13. The van der Waals surface area contributed by atoms with Crippen LogP contribution < -0.4 is 9.64 Å². The van der Waals surface area contributed by atoms with Gasteiger partial charge in [-0.15, -0.1) is 0 Å². The van der Waals surface area contributed by atoms with E-state index in [-0.39, 0.29) is 29.1 Å². The van der Waals surface area contributed by atoms with Gasteiger partial charge in [0.25, 0.3) is 0 Å². The molecule has 1 aromatic heterocycles. The second kappa shape index (κ2) is 9.43. The summed E-state index contributed by atoms with van der Waals surface area (Å²) in [5, 5.41) is 20.3. The lowest BCUT2D eigenvalue weighted by Gasteiger charge is -2.41. The SMILES string of the molecule is C=CC(=O)N1CCN(c2ncnc3cc(-c4ccc(O)c(Cl)c4)c4c(c23)OCCC4)C[C@@H]1CC#N. The van der Waals surface area contributed by atoms with Crippen molar-refractivity contribution in [3.63, 3.8) is 0 Å². The van der Waals surface area contributed by atoms with Gasteiger partial charge < -0.3 is 19.6 Å². The van der Waals surface area contributed by atoms with E-state index in [9.17, 15) is 15.2 Å². The molecule has 0 unspecified atom stereocenters. The average molecular weight is 490 g/mol. The topological polar surface area (TPSA) is 103 Å². The first-order valence-electron chi connectivity index (χ1n) is 11.5. The lowest BCUT2D eigenvalue weighted by atomic mass is 9.92. The van der Waals surface area contributed by atoms with Crippen LogP contribution in [0, 0.1) is 11.3 Å². The average Bonchev–Trinajstić information content (AvgIpc) is 2.89. The smallest absolute Gasteiger partial charge is 0.246 e. The normalized spacial score (nSPS) is 17.4. The molecule has 178 valence electrons. The Morgan fingerprint density at radius 1 is 1.34 bits per heavy atom. The van der Waals surface area contributed by atoms with E-state index in [1.165, 1.54) is 12.4 Å². The Labute approximate surface area is 208 Å². The number of carbonyl (C=O) groups is 1. The number of phenolic OH excluding ortho intramolecular Hbond substituents is 1. The summed E-state index contributed by atoms with van der Waals surface area (Å²) in [6, 6.07) is 9.12. The van der Waals surface area contributed by atoms with Crippen molar-refractivity contribution < 1.29 is 14.6 Å². The first-order chi connectivity index (χ1) is 17.0. The molecular formula is C26H24ClN5O3. The minimum Gasteiger partial charge on any atom is -0.506 e. The number of amides is 1. The molecule has 0 aliphatic carbocycles. The summed E-state index contributed by atoms with van der Waals surface area (Å²) < 4.78 is 6.22. The Balaban J connectivity index is 1.62. The van der Waals surface area contributed by atoms with Gasteiger partial charge in [0.05, 0.1) is 41.1 Å². The number of phenols is 1. The van der Waals surface area contributed by atoms with Crippen LogP contribution in [0.2, 0.25) is 5.02 Å². The van der Waals surface area contributed by atoms with Crippen LogP contribution in [0.25, 0.3) is 22.0 Å². The number of rotatable bonds is 4. The van der Waals surface area contributed by atoms with Gasteiger partial charge in [-0.05, 0) is 48.2 Å². The van der Waals surface area contributed by atoms with Crippen molar-refractivity contribution in [2.45, 2.75) is 25.3 Å². The molecule has 35 heavy (non-hydrogen) atoms. The first-order valence-corrected chi connectivity index (χ1v) is 11.9. The fraction of sp³-hybridized carbons (Fsp3) is 0.308. The number of piperazine rings is 1. The molecular weight excluding hydrogens is 466 g/mol. The van der Waals surface area contributed by atoms with Gasteiger partial charge in [-0.3, -0.25) is 4.79 Å². The number of hydrogen-bond acceptors (Lipinski definition) is 7. The number of aromatic hydroxyl groups is 1. The molecule has 1 atom stereocenters. The second-order valence-corrected chi connectivity index (χ2v) is 9.05. The van der Waals surface area contributed by atoms with Crippen LogP contribution in [0.1, 0.15) is 18.4 Å². The van der Waals surface area contributed by atoms with Gasteiger partial charge in [0.15, 0.2) is 0 Å². The zero-order valence-electron chi connectivity index (χ0n) is 19.1. The molecule has 0 saturated carbocycles. The summed E-state index contributed by atoms with van der Waals surface area (Å²) in [7, 11) is 0. The lowest BCUT2D eigenvalue weighted by molar-refractivity contribution is -0.128. The molecule has 2 aliphatic rings. The van der Waals surface area contributed by atoms with Gasteiger partial charge in [-0.2, -0.15) is 5.26 Å². The molecule has 2 aliphatic heterocycles. The number of nitrogens with zero attached hydrogens (tertiary/aromatic N) is 5. The predicted molar refractivity (Wildman–Crippen MR) is 134 cm³/mol. The number of benzene rings is 2. The Hall–Kier alpha value is -3.83. The number of hydrogen-bond donors (Lipinski definition) is 1. The predicted octanol–water partition coefficient (Wildman–Crippen LogP) is 4.10. The number of ether oxygens (including phenoxy) is 1. The van der Waals surface area contributed by atoms with Crippen LogP contribution in [-0.2, 0) is 11.2 Å². The quantitative estimate of drug-likeness (QED) is 0.550. The minimum absolute atomic E-state index is 0.0342. The summed E-state index contributed by atoms with van der Waals surface area (Å²) in [5.74, 6) is 1.35. The van der Waals surface area contributed by atoms with Gasteiger partial charge in [0.2, 0.25) is 5.91 Å². The highest BCUT2D eigenvalue weighted by Gasteiger charge is 2.32. The molecule has 1 amide bonds. The van der Waals surface area contributed by atoms with E-state index in [2.05, 4.69) is 27.5 Å². The minimum atomic E-state index is -0.264. The molecule has 9 heteroatoms. The van der Waals surface area contributed by atoms with Crippen LogP contribution in [0.5, 0.6) is 11.5 Å². The highest BCUT2D eigenvalue weighted by Crippen LogP contribution is 2.44. The summed E-state index contributed by atoms with van der Waals surface area (Å²) >= 11 is 6.21. The number of carbonyl (C=O) groups excluding carboxylic acids is 1. The standard InChI is InChI=1S/C26H24ClN5O3/c1-2-23(34)32-10-9-31(14-17(32)7-8-28)26-24-21(29-15-30-26)13-19(18-4-3-11-35-25(18)24)16-5-6-22(33)20(27)12-16/h2,5-6,12-13,15,17,33H,1,3-4,7,9-11,14H2/t17-/m0/s1. The fourth-order valence-electron chi connectivity index (χ4n) is 4.95. The van der Waals surface area contributed by atoms with Crippen molar-refractivity contribution in [2.24, 2.45) is 0 Å². The van der Waals surface area contributed by atoms with Gasteiger partial charge in [-0.25, -0.2) is 9.97 Å². The highest BCUT2D eigenvalue weighted by atomic mass is 35.5. The number of nitriles is 1. The molecule has 3 heterocycles.